The van der Waals surface area contributed by atoms with Crippen molar-refractivity contribution in [2.45, 2.75) is 58.5 Å². The Morgan fingerprint density at radius 1 is 0.800 bits per heavy atom. The van der Waals surface area contributed by atoms with E-state index in [1.165, 1.54) is 0 Å². The van der Waals surface area contributed by atoms with Crippen molar-refractivity contribution in [1.82, 2.24) is 30.6 Å². The number of benzene rings is 2. The first-order chi connectivity index (χ1) is 23.5. The second-order valence-electron chi connectivity index (χ2n) is 12.7. The summed E-state index contributed by atoms with van der Waals surface area (Å²) >= 11 is 12.3. The minimum Gasteiger partial charge on any atom is -0.475 e. The monoisotopic (exact) mass is 738 g/mol. The molecule has 2 atom stereocenters. The molecule has 2 aromatic heterocycles. The van der Waals surface area contributed by atoms with Crippen LogP contribution in [0.4, 0.5) is 29.6 Å². The number of fused-ring (bicyclic) bond motifs is 2. The number of hydrogen-bond donors (Lipinski definition) is 2. The van der Waals surface area contributed by atoms with Gasteiger partial charge < -0.3 is 29.9 Å². The van der Waals surface area contributed by atoms with Crippen molar-refractivity contribution < 1.29 is 32.6 Å². The molecule has 270 valence electrons. The number of anilines is 2. The number of carboxylic acid groups (broad SMARTS) is 1. The van der Waals surface area contributed by atoms with Gasteiger partial charge in [0, 0.05) is 72.9 Å². The van der Waals surface area contributed by atoms with Crippen LogP contribution >= 0.6 is 23.2 Å². The van der Waals surface area contributed by atoms with Crippen LogP contribution in [0, 0.1) is 0 Å². The van der Waals surface area contributed by atoms with Gasteiger partial charge in [0.1, 0.15) is 5.60 Å². The lowest BCUT2D eigenvalue weighted by molar-refractivity contribution is -0.192. The number of aromatic nitrogens is 4. The van der Waals surface area contributed by atoms with Crippen molar-refractivity contribution >= 4 is 68.4 Å². The number of carboxylic acids is 1. The van der Waals surface area contributed by atoms with Crippen molar-refractivity contribution in [2.24, 2.45) is 0 Å². The lowest BCUT2D eigenvalue weighted by Crippen LogP contribution is -2.55. The maximum atomic E-state index is 12.3. The van der Waals surface area contributed by atoms with E-state index in [0.717, 1.165) is 52.8 Å². The SMILES string of the molecule is C[C@@H]1CN(C(=O)OC(C)(C)C)CCN1c1nnc(Cl)c2ccccc12.C[C@@H]1CNCCN1c1nnc(Cl)c2ccccc12.O=C(O)C(F)(F)F. The number of carbonyl (C=O) groups is 2. The predicted octanol–water partition coefficient (Wildman–Crippen LogP) is 6.44. The average molecular weight is 740 g/mol. The van der Waals surface area contributed by atoms with Gasteiger partial charge in [0.05, 0.1) is 0 Å². The number of aliphatic carboxylic acids is 1. The van der Waals surface area contributed by atoms with Crippen LogP contribution in [-0.4, -0.2) is 106 Å². The Morgan fingerprint density at radius 3 is 1.68 bits per heavy atom. The number of hydrogen-bond acceptors (Lipinski definition) is 10. The van der Waals surface area contributed by atoms with Crippen molar-refractivity contribution in [1.29, 1.82) is 0 Å². The number of nitrogens with one attached hydrogen (secondary N) is 1. The third-order valence-corrected chi connectivity index (χ3v) is 8.37. The summed E-state index contributed by atoms with van der Waals surface area (Å²) in [5.41, 5.74) is -0.491. The van der Waals surface area contributed by atoms with E-state index in [0.29, 0.717) is 36.0 Å². The molecule has 2 saturated heterocycles. The Kier molecular flexibility index (Phi) is 12.5. The first kappa shape index (κ1) is 38.6. The van der Waals surface area contributed by atoms with Gasteiger partial charge in [0.25, 0.3) is 0 Å². The molecule has 2 aromatic carbocycles. The van der Waals surface area contributed by atoms with Gasteiger partial charge in [-0.3, -0.25) is 0 Å². The predicted molar refractivity (Wildman–Crippen MR) is 187 cm³/mol. The zero-order valence-corrected chi connectivity index (χ0v) is 29.7. The third-order valence-electron chi connectivity index (χ3n) is 7.81. The van der Waals surface area contributed by atoms with E-state index in [4.69, 9.17) is 37.8 Å². The van der Waals surface area contributed by atoms with E-state index in [1.54, 1.807) is 4.90 Å². The number of nitrogens with zero attached hydrogens (tertiary/aromatic N) is 7. The summed E-state index contributed by atoms with van der Waals surface area (Å²) in [4.78, 5) is 27.4. The Labute approximate surface area is 297 Å². The number of halogens is 5. The van der Waals surface area contributed by atoms with Crippen molar-refractivity contribution in [2.75, 3.05) is 49.1 Å². The fraction of sp³-hybridized carbons (Fsp3) is 0.455. The van der Waals surface area contributed by atoms with Crippen molar-refractivity contribution in [3.8, 4) is 0 Å². The summed E-state index contributed by atoms with van der Waals surface area (Å²) in [6, 6.07) is 16.4. The zero-order chi connectivity index (χ0) is 36.8. The molecule has 0 radical (unpaired) electrons. The number of piperazine rings is 2. The first-order valence-electron chi connectivity index (χ1n) is 15.8. The van der Waals surface area contributed by atoms with E-state index >= 15 is 0 Å². The Bertz CT molecular complexity index is 1810. The molecule has 1 amide bonds. The van der Waals surface area contributed by atoms with Crippen LogP contribution in [0.3, 0.4) is 0 Å². The lowest BCUT2D eigenvalue weighted by atomic mass is 10.1. The molecule has 2 aliphatic rings. The number of ether oxygens (including phenoxy) is 1. The lowest BCUT2D eigenvalue weighted by Gasteiger charge is -2.40. The van der Waals surface area contributed by atoms with Gasteiger partial charge in [-0.2, -0.15) is 13.2 Å². The van der Waals surface area contributed by atoms with E-state index < -0.39 is 17.7 Å². The van der Waals surface area contributed by atoms with Gasteiger partial charge in [0.2, 0.25) is 0 Å². The van der Waals surface area contributed by atoms with Crippen LogP contribution in [0.5, 0.6) is 0 Å². The van der Waals surface area contributed by atoms with Crippen molar-refractivity contribution in [3.05, 3.63) is 58.8 Å². The highest BCUT2D eigenvalue weighted by molar-refractivity contribution is 6.35. The summed E-state index contributed by atoms with van der Waals surface area (Å²) in [5, 5.41) is 32.0. The molecule has 2 aliphatic heterocycles. The average Bonchev–Trinajstić information content (AvgIpc) is 3.05. The molecular formula is C33H39Cl2F3N8O4. The fourth-order valence-corrected chi connectivity index (χ4v) is 5.86. The number of amides is 1. The molecule has 50 heavy (non-hydrogen) atoms. The van der Waals surface area contributed by atoms with E-state index in [1.807, 2.05) is 63.2 Å². The molecular weight excluding hydrogens is 700 g/mol. The molecule has 0 spiro atoms. The Balaban J connectivity index is 0.000000196. The molecule has 17 heteroatoms. The molecule has 0 saturated carbocycles. The van der Waals surface area contributed by atoms with Crippen LogP contribution < -0.4 is 15.1 Å². The molecule has 12 nitrogen and oxygen atoms in total. The summed E-state index contributed by atoms with van der Waals surface area (Å²) < 4.78 is 37.2. The van der Waals surface area contributed by atoms with Gasteiger partial charge in [-0.1, -0.05) is 71.7 Å². The summed E-state index contributed by atoms with van der Waals surface area (Å²) in [6.45, 7) is 14.6. The first-order valence-corrected chi connectivity index (χ1v) is 16.6. The molecule has 0 unspecified atom stereocenters. The molecule has 2 fully saturated rings. The van der Waals surface area contributed by atoms with Gasteiger partial charge in [-0.25, -0.2) is 9.59 Å². The van der Waals surface area contributed by atoms with Gasteiger partial charge in [-0.15, -0.1) is 20.4 Å². The second-order valence-corrected chi connectivity index (χ2v) is 13.5. The summed E-state index contributed by atoms with van der Waals surface area (Å²) in [6.07, 6.45) is -5.36. The van der Waals surface area contributed by atoms with Crippen LogP contribution in [0.2, 0.25) is 10.3 Å². The maximum absolute atomic E-state index is 12.3. The van der Waals surface area contributed by atoms with Gasteiger partial charge in [0.15, 0.2) is 21.9 Å². The maximum Gasteiger partial charge on any atom is 0.490 e. The highest BCUT2D eigenvalue weighted by atomic mass is 35.5. The van der Waals surface area contributed by atoms with Gasteiger partial charge >= 0.3 is 18.2 Å². The highest BCUT2D eigenvalue weighted by Gasteiger charge is 2.38. The highest BCUT2D eigenvalue weighted by Crippen LogP contribution is 2.31. The molecule has 0 aliphatic carbocycles. The molecule has 4 heterocycles. The summed E-state index contributed by atoms with van der Waals surface area (Å²) in [7, 11) is 0. The van der Waals surface area contributed by atoms with Crippen molar-refractivity contribution in [3.63, 3.8) is 0 Å². The fourth-order valence-electron chi connectivity index (χ4n) is 5.46. The topological polar surface area (TPSA) is 137 Å². The standard InChI is InChI=1S/C18H23ClN4O2.C13H15ClN4.C2HF3O2/c1-12-11-22(17(24)25-18(2,3)4)9-10-23(12)16-14-8-6-5-7-13(14)15(19)20-21-16;1-9-8-15-6-7-18(9)13-11-5-3-2-4-10(11)12(14)16-17-13;3-2(4,5)1(6)7/h5-8,12H,9-11H2,1-4H3;2-5,9,15H,6-8H2,1H3;(H,6,7)/t12-;9-;/m11./s1. The van der Waals surface area contributed by atoms with Crippen LogP contribution in [0.1, 0.15) is 34.6 Å². The van der Waals surface area contributed by atoms with Crippen LogP contribution in [0.15, 0.2) is 48.5 Å². The molecule has 4 aromatic rings. The largest absolute Gasteiger partial charge is 0.490 e. The molecule has 0 bridgehead atoms. The number of carbonyl (C=O) groups excluding carboxylic acids is 1. The summed E-state index contributed by atoms with van der Waals surface area (Å²) in [5.74, 6) is -1.02. The third kappa shape index (κ3) is 9.73. The molecule has 6 rings (SSSR count). The van der Waals surface area contributed by atoms with Crippen LogP contribution in [0.25, 0.3) is 21.5 Å². The van der Waals surface area contributed by atoms with E-state index in [2.05, 4.69) is 55.4 Å². The quantitative estimate of drug-likeness (QED) is 0.235. The number of rotatable bonds is 2. The zero-order valence-electron chi connectivity index (χ0n) is 28.2. The van der Waals surface area contributed by atoms with E-state index in [9.17, 15) is 18.0 Å². The Hall–Kier alpha value is -4.21. The minimum absolute atomic E-state index is 0.0974. The molecule has 2 N–H and O–H groups in total. The Morgan fingerprint density at radius 2 is 1.26 bits per heavy atom. The minimum atomic E-state index is -5.08. The van der Waals surface area contributed by atoms with Gasteiger partial charge in [-0.05, 0) is 34.6 Å². The second kappa shape index (κ2) is 16.2. The smallest absolute Gasteiger partial charge is 0.475 e. The van der Waals surface area contributed by atoms with E-state index in [-0.39, 0.29) is 12.1 Å². The van der Waals surface area contributed by atoms with Crippen LogP contribution in [-0.2, 0) is 9.53 Å². The number of alkyl halides is 3. The normalized spacial score (nSPS) is 18.2.